The molecule has 4 rings (SSSR count). The van der Waals surface area contributed by atoms with Crippen LogP contribution in [-0.4, -0.2) is 78.2 Å². The topological polar surface area (TPSA) is 70.6 Å². The Morgan fingerprint density at radius 3 is 2.69 bits per heavy atom. The molecule has 2 fully saturated rings. The van der Waals surface area contributed by atoms with Gasteiger partial charge in [-0.05, 0) is 50.0 Å². The monoisotopic (exact) mass is 441 g/mol. The van der Waals surface area contributed by atoms with Crippen molar-refractivity contribution in [1.29, 1.82) is 0 Å². The normalized spacial score (nSPS) is 20.0. The number of ether oxygens (including phenoxy) is 1. The van der Waals surface area contributed by atoms with Crippen molar-refractivity contribution in [1.82, 2.24) is 19.8 Å². The average Bonchev–Trinajstić information content (AvgIpc) is 3.51. The van der Waals surface area contributed by atoms with Crippen LogP contribution < -0.4 is 5.32 Å². The van der Waals surface area contributed by atoms with Crippen LogP contribution in [0.4, 0.5) is 10.2 Å². The Kier molecular flexibility index (Phi) is 7.32. The van der Waals surface area contributed by atoms with Gasteiger partial charge in [0.05, 0.1) is 18.0 Å². The fourth-order valence-corrected chi connectivity index (χ4v) is 4.46. The van der Waals surface area contributed by atoms with Crippen molar-refractivity contribution in [3.05, 3.63) is 53.2 Å². The Balaban J connectivity index is 1.55. The fraction of sp³-hybridized carbons (Fsp3) is 0.542. The molecule has 0 aliphatic carbocycles. The van der Waals surface area contributed by atoms with E-state index in [9.17, 15) is 9.18 Å². The number of nitrogens with zero attached hydrogens (tertiary/aromatic N) is 4. The van der Waals surface area contributed by atoms with Gasteiger partial charge in [-0.15, -0.1) is 0 Å². The van der Waals surface area contributed by atoms with Gasteiger partial charge in [0, 0.05) is 39.2 Å². The molecule has 2 saturated heterocycles. The first-order chi connectivity index (χ1) is 15.5. The molecule has 1 N–H and O–H groups in total. The van der Waals surface area contributed by atoms with Gasteiger partial charge in [-0.25, -0.2) is 14.4 Å². The van der Waals surface area contributed by atoms with Crippen LogP contribution in [0.3, 0.4) is 0 Å². The van der Waals surface area contributed by atoms with Crippen LogP contribution in [0.15, 0.2) is 30.5 Å². The first-order valence-electron chi connectivity index (χ1n) is 11.5. The van der Waals surface area contributed by atoms with Crippen molar-refractivity contribution >= 4 is 11.7 Å². The van der Waals surface area contributed by atoms with Gasteiger partial charge in [0.1, 0.15) is 17.3 Å². The summed E-state index contributed by atoms with van der Waals surface area (Å²) < 4.78 is 18.8. The van der Waals surface area contributed by atoms with Crippen LogP contribution in [0, 0.1) is 5.82 Å². The van der Waals surface area contributed by atoms with Crippen LogP contribution in [-0.2, 0) is 4.74 Å². The van der Waals surface area contributed by atoms with Crippen LogP contribution >= 0.6 is 0 Å². The molecule has 2 atom stereocenters. The summed E-state index contributed by atoms with van der Waals surface area (Å²) in [6.45, 7) is 7.20. The molecule has 1 amide bonds. The second kappa shape index (κ2) is 10.4. The van der Waals surface area contributed by atoms with Crippen LogP contribution in [0.5, 0.6) is 0 Å². The number of halogens is 1. The molecule has 2 aliphatic rings. The second-order valence-corrected chi connectivity index (χ2v) is 8.64. The van der Waals surface area contributed by atoms with E-state index in [4.69, 9.17) is 9.72 Å². The molecule has 0 spiro atoms. The maximum Gasteiger partial charge on any atom is 0.274 e. The standard InChI is InChI=1S/C24H32FN5O2/c1-17(18-5-7-19(25)8-6-18)22-23(26-10-14-29-11-3-4-12-29)27-15-21(28-22)24(31)30-13-9-20(16-30)32-2/h5-8,15,17,20H,3-4,9-14,16H2,1-2H3,(H,26,27)/t17-,20?/m1/s1. The van der Waals surface area contributed by atoms with Gasteiger partial charge in [-0.2, -0.15) is 0 Å². The van der Waals surface area contributed by atoms with E-state index in [2.05, 4.69) is 15.2 Å². The predicted octanol–water partition coefficient (Wildman–Crippen LogP) is 3.14. The van der Waals surface area contributed by atoms with Crippen LogP contribution in [0.2, 0.25) is 0 Å². The van der Waals surface area contributed by atoms with Gasteiger partial charge < -0.3 is 19.9 Å². The Hall–Kier alpha value is -2.58. The number of nitrogens with one attached hydrogen (secondary N) is 1. The van der Waals surface area contributed by atoms with Crippen molar-refractivity contribution in [3.63, 3.8) is 0 Å². The predicted molar refractivity (Wildman–Crippen MR) is 121 cm³/mol. The maximum absolute atomic E-state index is 13.4. The van der Waals surface area contributed by atoms with Gasteiger partial charge in [0.2, 0.25) is 0 Å². The summed E-state index contributed by atoms with van der Waals surface area (Å²) in [6, 6.07) is 6.41. The lowest BCUT2D eigenvalue weighted by Crippen LogP contribution is -2.31. The van der Waals surface area contributed by atoms with E-state index in [0.717, 1.165) is 38.2 Å². The third kappa shape index (κ3) is 5.24. The highest BCUT2D eigenvalue weighted by Crippen LogP contribution is 2.28. The first-order valence-corrected chi connectivity index (χ1v) is 11.5. The van der Waals surface area contributed by atoms with E-state index >= 15 is 0 Å². The highest BCUT2D eigenvalue weighted by Gasteiger charge is 2.29. The quantitative estimate of drug-likeness (QED) is 0.679. The number of anilines is 1. The van der Waals surface area contributed by atoms with Crippen LogP contribution in [0.1, 0.15) is 53.8 Å². The third-order valence-corrected chi connectivity index (χ3v) is 6.48. The Bertz CT molecular complexity index is 917. The zero-order valence-corrected chi connectivity index (χ0v) is 18.9. The van der Waals surface area contributed by atoms with Crippen molar-refractivity contribution < 1.29 is 13.9 Å². The molecule has 2 aromatic rings. The summed E-state index contributed by atoms with van der Waals surface area (Å²) in [5.74, 6) is 0.124. The Morgan fingerprint density at radius 1 is 1.25 bits per heavy atom. The molecule has 0 saturated carbocycles. The van der Waals surface area contributed by atoms with Crippen LogP contribution in [0.25, 0.3) is 0 Å². The van der Waals surface area contributed by atoms with Gasteiger partial charge >= 0.3 is 0 Å². The summed E-state index contributed by atoms with van der Waals surface area (Å²) in [5.41, 5.74) is 1.95. The summed E-state index contributed by atoms with van der Waals surface area (Å²) in [5, 5.41) is 3.42. The lowest BCUT2D eigenvalue weighted by Gasteiger charge is -2.20. The summed E-state index contributed by atoms with van der Waals surface area (Å²) in [6.07, 6.45) is 4.95. The SMILES string of the molecule is COC1CCN(C(=O)c2cnc(NCCN3CCCC3)c([C@H](C)c3ccc(F)cc3)n2)C1. The molecule has 0 radical (unpaired) electrons. The number of methoxy groups -OCH3 is 1. The molecule has 8 heteroatoms. The van der Waals surface area contributed by atoms with Crippen molar-refractivity contribution in [3.8, 4) is 0 Å². The zero-order valence-electron chi connectivity index (χ0n) is 18.9. The molecule has 3 heterocycles. The zero-order chi connectivity index (χ0) is 22.5. The first kappa shape index (κ1) is 22.6. The summed E-state index contributed by atoms with van der Waals surface area (Å²) in [7, 11) is 1.67. The molecule has 0 bridgehead atoms. The molecule has 1 unspecified atom stereocenters. The number of amides is 1. The molecule has 1 aromatic carbocycles. The number of benzene rings is 1. The minimum absolute atomic E-state index is 0.0658. The summed E-state index contributed by atoms with van der Waals surface area (Å²) in [4.78, 5) is 26.6. The molecule has 172 valence electrons. The van der Waals surface area contributed by atoms with Crippen molar-refractivity contribution in [2.75, 3.05) is 51.7 Å². The van der Waals surface area contributed by atoms with E-state index in [-0.39, 0.29) is 23.7 Å². The number of carbonyl (C=O) groups is 1. The number of hydrogen-bond donors (Lipinski definition) is 1. The molecular formula is C24H32FN5O2. The second-order valence-electron chi connectivity index (χ2n) is 8.64. The van der Waals surface area contributed by atoms with Gasteiger partial charge in [0.15, 0.2) is 0 Å². The number of carbonyl (C=O) groups excluding carboxylic acids is 1. The average molecular weight is 442 g/mol. The third-order valence-electron chi connectivity index (χ3n) is 6.48. The van der Waals surface area contributed by atoms with Crippen molar-refractivity contribution in [2.45, 2.75) is 38.2 Å². The lowest BCUT2D eigenvalue weighted by molar-refractivity contribution is 0.0718. The molecule has 32 heavy (non-hydrogen) atoms. The van der Waals surface area contributed by atoms with Gasteiger partial charge in [-0.1, -0.05) is 19.1 Å². The minimum atomic E-state index is -0.276. The number of hydrogen-bond acceptors (Lipinski definition) is 6. The van der Waals surface area contributed by atoms with E-state index in [1.807, 2.05) is 6.92 Å². The van der Waals surface area contributed by atoms with Crippen molar-refractivity contribution in [2.24, 2.45) is 0 Å². The fourth-order valence-electron chi connectivity index (χ4n) is 4.46. The van der Waals surface area contributed by atoms with E-state index in [1.165, 1.54) is 25.0 Å². The molecule has 7 nitrogen and oxygen atoms in total. The Morgan fingerprint density at radius 2 is 2.00 bits per heavy atom. The largest absolute Gasteiger partial charge is 0.380 e. The lowest BCUT2D eigenvalue weighted by atomic mass is 9.97. The van der Waals surface area contributed by atoms with Gasteiger partial charge in [-0.3, -0.25) is 4.79 Å². The van der Waals surface area contributed by atoms with Gasteiger partial charge in [0.25, 0.3) is 5.91 Å². The number of likely N-dealkylation sites (tertiary alicyclic amines) is 2. The Labute approximate surface area is 189 Å². The molecular weight excluding hydrogens is 409 g/mol. The molecule has 2 aliphatic heterocycles. The minimum Gasteiger partial charge on any atom is -0.380 e. The smallest absolute Gasteiger partial charge is 0.274 e. The van der Waals surface area contributed by atoms with E-state index in [1.54, 1.807) is 30.3 Å². The molecule has 1 aromatic heterocycles. The number of aromatic nitrogens is 2. The van der Waals surface area contributed by atoms with E-state index < -0.39 is 0 Å². The highest BCUT2D eigenvalue weighted by molar-refractivity contribution is 5.92. The highest BCUT2D eigenvalue weighted by atomic mass is 19.1. The van der Waals surface area contributed by atoms with E-state index in [0.29, 0.717) is 30.3 Å². The number of rotatable bonds is 8. The summed E-state index contributed by atoms with van der Waals surface area (Å²) >= 11 is 0. The maximum atomic E-state index is 13.4.